The van der Waals surface area contributed by atoms with Crippen LogP contribution in [0.25, 0.3) is 0 Å². The topological polar surface area (TPSA) is 9.23 Å². The van der Waals surface area contributed by atoms with E-state index in [1.807, 2.05) is 0 Å². The summed E-state index contributed by atoms with van der Waals surface area (Å²) in [6, 6.07) is 0. The highest BCUT2D eigenvalue weighted by molar-refractivity contribution is 6.28. The molecular weight excluding hydrogens is 92.1 g/mol. The first-order valence-electron chi connectivity index (χ1n) is 2.26. The van der Waals surface area contributed by atoms with Crippen molar-refractivity contribution in [3.63, 3.8) is 0 Å². The second-order valence-corrected chi connectivity index (χ2v) is 4.39. The van der Waals surface area contributed by atoms with Crippen LogP contribution in [0.4, 0.5) is 0 Å². The molecule has 38 valence electrons. The average Bonchev–Trinajstić information content (AvgIpc) is 1.35. The van der Waals surface area contributed by atoms with Crippen LogP contribution < -0.4 is 0 Å². The third-order valence-corrected chi connectivity index (χ3v) is 1.50. The molecule has 0 unspecified atom stereocenters. The summed E-state index contributed by atoms with van der Waals surface area (Å²) in [5, 5.41) is 0. The molecule has 0 aromatic carbocycles. The van der Waals surface area contributed by atoms with Gasteiger partial charge in [-0.1, -0.05) is 13.8 Å². The zero-order valence-corrected chi connectivity index (χ0v) is 6.11. The fourth-order valence-corrected chi connectivity index (χ4v) is 1.00. The predicted molar refractivity (Wildman–Crippen MR) is 30.7 cm³/mol. The van der Waals surface area contributed by atoms with Crippen LogP contribution in [0.2, 0.25) is 5.54 Å². The Morgan fingerprint density at radius 1 is 1.50 bits per heavy atom. The third-order valence-electron chi connectivity index (χ3n) is 0.500. The third kappa shape index (κ3) is 4.18. The van der Waals surface area contributed by atoms with Gasteiger partial charge in [-0.3, -0.25) is 0 Å². The van der Waals surface area contributed by atoms with Crippen LogP contribution in [0.5, 0.6) is 0 Å². The quantitative estimate of drug-likeness (QED) is 0.465. The fourth-order valence-electron chi connectivity index (χ4n) is 0.333. The van der Waals surface area contributed by atoms with E-state index in [4.69, 9.17) is 4.43 Å². The second kappa shape index (κ2) is 3.37. The molecule has 0 rings (SSSR count). The Balaban J connectivity index is 2.63. The van der Waals surface area contributed by atoms with Crippen molar-refractivity contribution in [3.8, 4) is 0 Å². The molecule has 0 aliphatic carbocycles. The maximum atomic E-state index is 4.94. The van der Waals surface area contributed by atoms with E-state index in [-0.39, 0.29) is 9.76 Å². The van der Waals surface area contributed by atoms with Gasteiger partial charge in [0, 0.05) is 7.11 Å². The SMILES string of the molecule is CO[SiH2]C(C)C. The monoisotopic (exact) mass is 104 g/mol. The van der Waals surface area contributed by atoms with Gasteiger partial charge >= 0.3 is 0 Å². The molecule has 0 radical (unpaired) electrons. The predicted octanol–water partition coefficient (Wildman–Crippen LogP) is 0.545. The van der Waals surface area contributed by atoms with E-state index >= 15 is 0 Å². The van der Waals surface area contributed by atoms with E-state index in [9.17, 15) is 0 Å². The molecule has 6 heavy (non-hydrogen) atoms. The molecule has 0 aromatic rings. The molecule has 0 aliphatic rings. The van der Waals surface area contributed by atoms with Crippen molar-refractivity contribution in [1.29, 1.82) is 0 Å². The second-order valence-electron chi connectivity index (χ2n) is 1.85. The summed E-state index contributed by atoms with van der Waals surface area (Å²) in [6.45, 7) is 4.38. The molecule has 0 fully saturated rings. The number of hydrogen-bond acceptors (Lipinski definition) is 1. The smallest absolute Gasteiger partial charge is 0.163 e. The summed E-state index contributed by atoms with van der Waals surface area (Å²) in [5.74, 6) is 0. The summed E-state index contributed by atoms with van der Waals surface area (Å²) >= 11 is 0. The molecule has 0 amide bonds. The van der Waals surface area contributed by atoms with Crippen molar-refractivity contribution in [1.82, 2.24) is 0 Å². The number of hydrogen-bond donors (Lipinski definition) is 0. The van der Waals surface area contributed by atoms with Crippen LogP contribution >= 0.6 is 0 Å². The molecule has 0 aliphatic heterocycles. The highest BCUT2D eigenvalue weighted by atomic mass is 28.2. The van der Waals surface area contributed by atoms with Gasteiger partial charge in [0.25, 0.3) is 0 Å². The Morgan fingerprint density at radius 3 is 2.00 bits per heavy atom. The Kier molecular flexibility index (Phi) is 3.47. The zero-order valence-electron chi connectivity index (χ0n) is 4.69. The van der Waals surface area contributed by atoms with Crippen LogP contribution in [-0.4, -0.2) is 16.9 Å². The van der Waals surface area contributed by atoms with Gasteiger partial charge < -0.3 is 4.43 Å². The van der Waals surface area contributed by atoms with Gasteiger partial charge in [0.1, 0.15) is 0 Å². The van der Waals surface area contributed by atoms with E-state index in [1.165, 1.54) is 0 Å². The maximum absolute atomic E-state index is 4.94. The molecule has 0 heterocycles. The molecule has 0 N–H and O–H groups in total. The molecule has 0 aromatic heterocycles. The van der Waals surface area contributed by atoms with Crippen LogP contribution in [0, 0.1) is 0 Å². The minimum Gasteiger partial charge on any atom is -0.427 e. The van der Waals surface area contributed by atoms with Crippen molar-refractivity contribution < 1.29 is 4.43 Å². The highest BCUT2D eigenvalue weighted by Crippen LogP contribution is 1.94. The normalized spacial score (nSPS) is 12.0. The lowest BCUT2D eigenvalue weighted by Crippen LogP contribution is -1.96. The minimum absolute atomic E-state index is 0.144. The zero-order chi connectivity index (χ0) is 4.99. The summed E-state index contributed by atoms with van der Waals surface area (Å²) in [5.41, 5.74) is 0.815. The van der Waals surface area contributed by atoms with Crippen LogP contribution in [-0.2, 0) is 4.43 Å². The van der Waals surface area contributed by atoms with Crippen molar-refractivity contribution in [2.24, 2.45) is 0 Å². The van der Waals surface area contributed by atoms with E-state index < -0.39 is 0 Å². The van der Waals surface area contributed by atoms with Crippen LogP contribution in [0.1, 0.15) is 13.8 Å². The van der Waals surface area contributed by atoms with Gasteiger partial charge in [-0.25, -0.2) is 0 Å². The largest absolute Gasteiger partial charge is 0.427 e. The highest BCUT2D eigenvalue weighted by Gasteiger charge is 1.88. The van der Waals surface area contributed by atoms with E-state index in [0.717, 1.165) is 5.54 Å². The van der Waals surface area contributed by atoms with Gasteiger partial charge in [-0.05, 0) is 5.54 Å². The molecule has 2 heteroatoms. The molecule has 0 spiro atoms. The van der Waals surface area contributed by atoms with Crippen molar-refractivity contribution >= 4 is 9.76 Å². The Bertz CT molecular complexity index is 28.7. The summed E-state index contributed by atoms with van der Waals surface area (Å²) < 4.78 is 4.94. The lowest BCUT2D eigenvalue weighted by atomic mass is 10.6. The summed E-state index contributed by atoms with van der Waals surface area (Å²) in [6.07, 6.45) is 0. The molecular formula is C4H12OSi. The Hall–Kier alpha value is 0.177. The Morgan fingerprint density at radius 2 is 2.00 bits per heavy atom. The standard InChI is InChI=1S/C4H12OSi/c1-4(2)6-5-3/h4H,6H2,1-3H3. The minimum atomic E-state index is -0.144. The van der Waals surface area contributed by atoms with Gasteiger partial charge in [-0.15, -0.1) is 0 Å². The first kappa shape index (κ1) is 6.18. The molecule has 0 bridgehead atoms. The van der Waals surface area contributed by atoms with E-state index in [2.05, 4.69) is 13.8 Å². The average molecular weight is 104 g/mol. The lowest BCUT2D eigenvalue weighted by Gasteiger charge is -1.96. The first-order valence-corrected chi connectivity index (χ1v) is 3.65. The van der Waals surface area contributed by atoms with Crippen molar-refractivity contribution in [2.45, 2.75) is 19.4 Å². The van der Waals surface area contributed by atoms with Gasteiger partial charge in [0.05, 0.1) is 0 Å². The Labute approximate surface area is 41.6 Å². The van der Waals surface area contributed by atoms with E-state index in [1.54, 1.807) is 7.11 Å². The summed E-state index contributed by atoms with van der Waals surface area (Å²) in [7, 11) is 1.64. The maximum Gasteiger partial charge on any atom is 0.163 e. The van der Waals surface area contributed by atoms with Gasteiger partial charge in [0.15, 0.2) is 9.76 Å². The van der Waals surface area contributed by atoms with Crippen LogP contribution in [0.3, 0.4) is 0 Å². The van der Waals surface area contributed by atoms with Gasteiger partial charge in [-0.2, -0.15) is 0 Å². The molecule has 0 saturated carbocycles. The lowest BCUT2D eigenvalue weighted by molar-refractivity contribution is 0.434. The number of rotatable bonds is 2. The summed E-state index contributed by atoms with van der Waals surface area (Å²) in [4.78, 5) is 0. The van der Waals surface area contributed by atoms with Crippen LogP contribution in [0.15, 0.2) is 0 Å². The van der Waals surface area contributed by atoms with Crippen molar-refractivity contribution in [2.75, 3.05) is 7.11 Å². The molecule has 1 nitrogen and oxygen atoms in total. The first-order chi connectivity index (χ1) is 2.77. The molecule has 0 atom stereocenters. The van der Waals surface area contributed by atoms with E-state index in [0.29, 0.717) is 0 Å². The van der Waals surface area contributed by atoms with Gasteiger partial charge in [0.2, 0.25) is 0 Å². The van der Waals surface area contributed by atoms with Crippen molar-refractivity contribution in [3.05, 3.63) is 0 Å². The molecule has 0 saturated heterocycles. The fraction of sp³-hybridized carbons (Fsp3) is 1.00.